The molecule has 2 aromatic rings. The minimum absolute atomic E-state index is 0.0924. The lowest BCUT2D eigenvalue weighted by atomic mass is 10.2. The van der Waals surface area contributed by atoms with E-state index in [0.29, 0.717) is 29.7 Å². The van der Waals surface area contributed by atoms with Crippen molar-refractivity contribution in [3.05, 3.63) is 72.2 Å². The second-order valence-corrected chi connectivity index (χ2v) is 10.1. The molecule has 1 fully saturated rings. The monoisotopic (exact) mass is 714 g/mol. The Morgan fingerprint density at radius 3 is 2.47 bits per heavy atom. The van der Waals surface area contributed by atoms with Crippen molar-refractivity contribution in [1.82, 2.24) is 4.90 Å². The fourth-order valence-electron chi connectivity index (χ4n) is 2.85. The molecule has 0 bridgehead atoms. The number of nitrogens with one attached hydrogen (secondary N) is 1. The lowest BCUT2D eigenvalue weighted by Gasteiger charge is -2.13. The number of hydrogen-bond acceptors (Lipinski definition) is 5. The molecule has 0 atom stereocenters. The summed E-state index contributed by atoms with van der Waals surface area (Å²) in [6, 6.07) is 7.66. The zero-order chi connectivity index (χ0) is 25.0. The Kier molecular flexibility index (Phi) is 8.67. The molecule has 0 spiro atoms. The number of halogens is 5. The molecule has 1 saturated heterocycles. The first kappa shape index (κ1) is 26.5. The number of alkyl halides is 3. The van der Waals surface area contributed by atoms with Crippen LogP contribution in [-0.2, 0) is 15.8 Å². The Bertz CT molecular complexity index is 1180. The quantitative estimate of drug-likeness (QED) is 0.212. The predicted octanol–water partition coefficient (Wildman–Crippen LogP) is 6.15. The van der Waals surface area contributed by atoms with Crippen molar-refractivity contribution >= 4 is 85.8 Å². The van der Waals surface area contributed by atoms with E-state index in [-0.39, 0.29) is 10.6 Å². The number of imide groups is 1. The van der Waals surface area contributed by atoms with Crippen molar-refractivity contribution in [2.75, 3.05) is 18.5 Å². The number of ether oxygens (including phenoxy) is 1. The van der Waals surface area contributed by atoms with Gasteiger partial charge < -0.3 is 10.1 Å². The third-order valence-corrected chi connectivity index (χ3v) is 6.82. The standard InChI is InChI=1S/C22H15F3I2N2O4S/c1-2-6-33-19-15(26)7-12(8-16(19)27)9-17-20(31)29(21(32)34-17)11-18(30)28-14-5-3-4-13(10-14)22(23,24)25/h2-5,7-10H,1,6,11H2,(H,28,30)/b17-9-. The van der Waals surface area contributed by atoms with Gasteiger partial charge in [0, 0.05) is 5.69 Å². The van der Waals surface area contributed by atoms with Crippen molar-refractivity contribution < 1.29 is 32.3 Å². The third kappa shape index (κ3) is 6.53. The second kappa shape index (κ2) is 11.1. The van der Waals surface area contributed by atoms with Crippen molar-refractivity contribution in [2.24, 2.45) is 0 Å². The number of rotatable bonds is 7. The van der Waals surface area contributed by atoms with E-state index >= 15 is 0 Å². The van der Waals surface area contributed by atoms with Gasteiger partial charge in [-0.05, 0) is 98.9 Å². The van der Waals surface area contributed by atoms with Crippen LogP contribution >= 0.6 is 56.9 Å². The van der Waals surface area contributed by atoms with Crippen LogP contribution in [0.3, 0.4) is 0 Å². The Balaban J connectivity index is 1.72. The molecule has 1 aliphatic rings. The Morgan fingerprint density at radius 1 is 1.18 bits per heavy atom. The summed E-state index contributed by atoms with van der Waals surface area (Å²) in [7, 11) is 0. The fourth-order valence-corrected chi connectivity index (χ4v) is 5.81. The van der Waals surface area contributed by atoms with Gasteiger partial charge in [-0.3, -0.25) is 19.3 Å². The fraction of sp³-hybridized carbons (Fsp3) is 0.136. The molecular weight excluding hydrogens is 699 g/mol. The van der Waals surface area contributed by atoms with Crippen LogP contribution in [0.25, 0.3) is 6.08 Å². The maximum Gasteiger partial charge on any atom is 0.416 e. The van der Waals surface area contributed by atoms with E-state index in [0.717, 1.165) is 30.2 Å². The predicted molar refractivity (Wildman–Crippen MR) is 140 cm³/mol. The number of carbonyl (C=O) groups is 3. The summed E-state index contributed by atoms with van der Waals surface area (Å²) < 4.78 is 45.8. The molecule has 0 aromatic heterocycles. The van der Waals surface area contributed by atoms with Crippen LogP contribution in [0.15, 0.2) is 54.0 Å². The molecule has 0 saturated carbocycles. The zero-order valence-corrected chi connectivity index (χ0v) is 22.2. The molecule has 0 aliphatic carbocycles. The summed E-state index contributed by atoms with van der Waals surface area (Å²) in [5.41, 5.74) is -0.353. The molecule has 178 valence electrons. The number of carbonyl (C=O) groups excluding carboxylic acids is 3. The van der Waals surface area contributed by atoms with E-state index < -0.39 is 35.3 Å². The number of nitrogens with zero attached hydrogens (tertiary/aromatic N) is 1. The number of thioether (sulfide) groups is 1. The van der Waals surface area contributed by atoms with Crippen molar-refractivity contribution in [2.45, 2.75) is 6.18 Å². The highest BCUT2D eigenvalue weighted by atomic mass is 127. The first-order chi connectivity index (χ1) is 16.0. The summed E-state index contributed by atoms with van der Waals surface area (Å²) in [5, 5.41) is 1.64. The number of amides is 3. The number of benzene rings is 2. The largest absolute Gasteiger partial charge is 0.487 e. The molecule has 0 radical (unpaired) electrons. The molecular formula is C22H15F3I2N2O4S. The Labute approximate surface area is 224 Å². The molecule has 6 nitrogen and oxygen atoms in total. The highest BCUT2D eigenvalue weighted by molar-refractivity contribution is 14.1. The first-order valence-corrected chi connectivity index (χ1v) is 12.4. The minimum Gasteiger partial charge on any atom is -0.487 e. The van der Waals surface area contributed by atoms with Gasteiger partial charge in [0.05, 0.1) is 17.6 Å². The summed E-state index contributed by atoms with van der Waals surface area (Å²) in [4.78, 5) is 38.2. The van der Waals surface area contributed by atoms with Crippen molar-refractivity contribution in [3.63, 3.8) is 0 Å². The topological polar surface area (TPSA) is 75.7 Å². The van der Waals surface area contributed by atoms with E-state index in [2.05, 4.69) is 57.1 Å². The molecule has 3 rings (SSSR count). The maximum absolute atomic E-state index is 12.9. The molecule has 1 heterocycles. The molecule has 3 amide bonds. The number of anilines is 1. The van der Waals surface area contributed by atoms with Crippen LogP contribution in [0.5, 0.6) is 5.75 Å². The van der Waals surface area contributed by atoms with Gasteiger partial charge in [0.15, 0.2) is 0 Å². The summed E-state index contributed by atoms with van der Waals surface area (Å²) in [5.74, 6) is -0.778. The molecule has 0 unspecified atom stereocenters. The maximum atomic E-state index is 12.9. The van der Waals surface area contributed by atoms with Gasteiger partial charge in [0.25, 0.3) is 11.1 Å². The molecule has 1 N–H and O–H groups in total. The lowest BCUT2D eigenvalue weighted by molar-refractivity contribution is -0.137. The summed E-state index contributed by atoms with van der Waals surface area (Å²) in [6.45, 7) is 3.33. The van der Waals surface area contributed by atoms with Gasteiger partial charge in [-0.15, -0.1) is 0 Å². The Hall–Kier alpha value is -2.07. The highest BCUT2D eigenvalue weighted by Crippen LogP contribution is 2.35. The molecule has 12 heteroatoms. The van der Waals surface area contributed by atoms with E-state index in [1.807, 2.05) is 0 Å². The van der Waals surface area contributed by atoms with Crippen LogP contribution in [0.4, 0.5) is 23.7 Å². The van der Waals surface area contributed by atoms with Crippen molar-refractivity contribution in [1.29, 1.82) is 0 Å². The molecule has 2 aromatic carbocycles. The smallest absolute Gasteiger partial charge is 0.416 e. The summed E-state index contributed by atoms with van der Waals surface area (Å²) in [6.07, 6.45) is -1.40. The average Bonchev–Trinajstić information content (AvgIpc) is 3.00. The van der Waals surface area contributed by atoms with E-state index in [1.165, 1.54) is 12.1 Å². The van der Waals surface area contributed by atoms with Gasteiger partial charge in [-0.2, -0.15) is 13.2 Å². The molecule has 1 aliphatic heterocycles. The van der Waals surface area contributed by atoms with Crippen LogP contribution in [-0.4, -0.2) is 35.1 Å². The van der Waals surface area contributed by atoms with E-state index in [4.69, 9.17) is 4.74 Å². The highest BCUT2D eigenvalue weighted by Gasteiger charge is 2.36. The van der Waals surface area contributed by atoms with E-state index in [1.54, 1.807) is 18.2 Å². The minimum atomic E-state index is -4.57. The van der Waals surface area contributed by atoms with Crippen LogP contribution in [0.2, 0.25) is 0 Å². The normalized spacial score (nSPS) is 15.1. The van der Waals surface area contributed by atoms with Crippen LogP contribution in [0, 0.1) is 7.14 Å². The van der Waals surface area contributed by atoms with Gasteiger partial charge >= 0.3 is 6.18 Å². The van der Waals surface area contributed by atoms with Crippen LogP contribution < -0.4 is 10.1 Å². The molecule has 34 heavy (non-hydrogen) atoms. The van der Waals surface area contributed by atoms with Crippen LogP contribution in [0.1, 0.15) is 11.1 Å². The van der Waals surface area contributed by atoms with E-state index in [9.17, 15) is 27.6 Å². The third-order valence-electron chi connectivity index (χ3n) is 4.31. The lowest BCUT2D eigenvalue weighted by Crippen LogP contribution is -2.36. The van der Waals surface area contributed by atoms with Gasteiger partial charge in [-0.1, -0.05) is 18.7 Å². The van der Waals surface area contributed by atoms with Crippen molar-refractivity contribution in [3.8, 4) is 5.75 Å². The SMILES string of the molecule is C=CCOc1c(I)cc(/C=C2\SC(=O)N(CC(=O)Nc3cccc(C(F)(F)F)c3)C2=O)cc1I. The van der Waals surface area contributed by atoms with Gasteiger partial charge in [0.2, 0.25) is 5.91 Å². The second-order valence-electron chi connectivity index (χ2n) is 6.81. The first-order valence-electron chi connectivity index (χ1n) is 9.45. The summed E-state index contributed by atoms with van der Waals surface area (Å²) >= 11 is 4.88. The number of hydrogen-bond donors (Lipinski definition) is 1. The average molecular weight is 714 g/mol. The van der Waals surface area contributed by atoms with Gasteiger partial charge in [-0.25, -0.2) is 0 Å². The van der Waals surface area contributed by atoms with Gasteiger partial charge in [0.1, 0.15) is 18.9 Å². The Morgan fingerprint density at radius 2 is 1.85 bits per heavy atom. The zero-order valence-electron chi connectivity index (χ0n) is 17.1.